The first kappa shape index (κ1) is 18.5. The van der Waals surface area contributed by atoms with Gasteiger partial charge in [-0.25, -0.2) is 0 Å². The minimum atomic E-state index is -0.516. The third-order valence-electron chi connectivity index (χ3n) is 5.42. The number of aryl methyl sites for hydroxylation is 3. The second-order valence-electron chi connectivity index (χ2n) is 7.43. The molecule has 3 rings (SSSR count). The Morgan fingerprint density at radius 2 is 1.81 bits per heavy atom. The van der Waals surface area contributed by atoms with Gasteiger partial charge in [-0.1, -0.05) is 30.3 Å². The molecule has 1 N–H and O–H groups in total. The highest BCUT2D eigenvalue weighted by atomic mass is 16.5. The molecular weight excluding hydrogens is 322 g/mol. The smallest absolute Gasteiger partial charge is 0.261 e. The fourth-order valence-electron chi connectivity index (χ4n) is 3.55. The number of ether oxygens (including phenoxy) is 1. The number of hydrogen-bond acceptors (Lipinski definition) is 2. The third kappa shape index (κ3) is 4.09. The summed E-state index contributed by atoms with van der Waals surface area (Å²) in [6.45, 7) is 8.03. The van der Waals surface area contributed by atoms with Gasteiger partial charge in [-0.15, -0.1) is 0 Å². The van der Waals surface area contributed by atoms with E-state index < -0.39 is 6.10 Å². The van der Waals surface area contributed by atoms with E-state index >= 15 is 0 Å². The van der Waals surface area contributed by atoms with Crippen LogP contribution in [0.5, 0.6) is 5.75 Å². The molecule has 0 radical (unpaired) electrons. The van der Waals surface area contributed by atoms with Gasteiger partial charge in [-0.3, -0.25) is 4.79 Å². The van der Waals surface area contributed by atoms with Gasteiger partial charge >= 0.3 is 0 Å². The number of amides is 1. The molecule has 138 valence electrons. The maximum atomic E-state index is 12.6. The molecule has 0 bridgehead atoms. The zero-order valence-electron chi connectivity index (χ0n) is 16.3. The highest BCUT2D eigenvalue weighted by Gasteiger charge is 2.21. The maximum absolute atomic E-state index is 12.6. The van der Waals surface area contributed by atoms with Crippen LogP contribution in [-0.4, -0.2) is 12.0 Å². The van der Waals surface area contributed by atoms with E-state index in [-0.39, 0.29) is 11.9 Å². The van der Waals surface area contributed by atoms with Gasteiger partial charge in [0.2, 0.25) is 0 Å². The van der Waals surface area contributed by atoms with Crippen LogP contribution in [0, 0.1) is 13.8 Å². The summed E-state index contributed by atoms with van der Waals surface area (Å²) in [7, 11) is 0. The number of carbonyl (C=O) groups excluding carboxylic acids is 1. The molecule has 3 heteroatoms. The minimum Gasteiger partial charge on any atom is -0.481 e. The number of hydrogen-bond donors (Lipinski definition) is 1. The van der Waals surface area contributed by atoms with Crippen molar-refractivity contribution in [2.45, 2.75) is 65.5 Å². The summed E-state index contributed by atoms with van der Waals surface area (Å²) in [4.78, 5) is 12.6. The SMILES string of the molecule is Cc1ccc([C@@H](C)NC(=O)[C@@H](C)Oc2cccc3c2CCCC3)cc1C. The Morgan fingerprint density at radius 1 is 1.04 bits per heavy atom. The Kier molecular flexibility index (Phi) is 5.65. The number of benzene rings is 2. The number of nitrogens with one attached hydrogen (secondary N) is 1. The zero-order valence-corrected chi connectivity index (χ0v) is 16.3. The Bertz CT molecular complexity index is 797. The molecule has 2 atom stereocenters. The van der Waals surface area contributed by atoms with Gasteiger partial charge < -0.3 is 10.1 Å². The fraction of sp³-hybridized carbons (Fsp3) is 0.435. The van der Waals surface area contributed by atoms with Crippen LogP contribution >= 0.6 is 0 Å². The van der Waals surface area contributed by atoms with Crippen LogP contribution in [0.2, 0.25) is 0 Å². The van der Waals surface area contributed by atoms with Crippen LogP contribution in [-0.2, 0) is 17.6 Å². The Hall–Kier alpha value is -2.29. The Labute approximate surface area is 156 Å². The second kappa shape index (κ2) is 7.94. The molecule has 3 nitrogen and oxygen atoms in total. The van der Waals surface area contributed by atoms with Crippen LogP contribution < -0.4 is 10.1 Å². The lowest BCUT2D eigenvalue weighted by Gasteiger charge is -2.23. The van der Waals surface area contributed by atoms with Gasteiger partial charge in [-0.05, 0) is 87.3 Å². The van der Waals surface area contributed by atoms with Crippen molar-refractivity contribution in [2.24, 2.45) is 0 Å². The van der Waals surface area contributed by atoms with E-state index in [1.165, 1.54) is 35.1 Å². The monoisotopic (exact) mass is 351 g/mol. The van der Waals surface area contributed by atoms with Crippen LogP contribution in [0.4, 0.5) is 0 Å². The van der Waals surface area contributed by atoms with Crippen LogP contribution in [0.25, 0.3) is 0 Å². The topological polar surface area (TPSA) is 38.3 Å². The molecule has 0 unspecified atom stereocenters. The van der Waals surface area contributed by atoms with E-state index in [0.29, 0.717) is 0 Å². The average molecular weight is 351 g/mol. The Balaban J connectivity index is 1.65. The minimum absolute atomic E-state index is 0.0439. The zero-order chi connectivity index (χ0) is 18.7. The van der Waals surface area contributed by atoms with E-state index in [0.717, 1.165) is 24.2 Å². The summed E-state index contributed by atoms with van der Waals surface area (Å²) in [5.41, 5.74) is 6.26. The van der Waals surface area contributed by atoms with E-state index in [1.807, 2.05) is 26.0 Å². The number of fused-ring (bicyclic) bond motifs is 1. The molecule has 2 aromatic carbocycles. The van der Waals surface area contributed by atoms with Crippen molar-refractivity contribution in [1.29, 1.82) is 0 Å². The lowest BCUT2D eigenvalue weighted by molar-refractivity contribution is -0.127. The van der Waals surface area contributed by atoms with Gasteiger partial charge in [0.15, 0.2) is 6.10 Å². The summed E-state index contributed by atoms with van der Waals surface area (Å²) >= 11 is 0. The van der Waals surface area contributed by atoms with Crippen molar-refractivity contribution in [3.8, 4) is 5.75 Å². The van der Waals surface area contributed by atoms with E-state index in [1.54, 1.807) is 0 Å². The molecule has 0 saturated carbocycles. The molecule has 26 heavy (non-hydrogen) atoms. The van der Waals surface area contributed by atoms with Gasteiger partial charge in [0.1, 0.15) is 5.75 Å². The highest BCUT2D eigenvalue weighted by Crippen LogP contribution is 2.30. The summed E-state index contributed by atoms with van der Waals surface area (Å²) in [5.74, 6) is 0.785. The molecular formula is C23H29NO2. The lowest BCUT2D eigenvalue weighted by atomic mass is 9.91. The second-order valence-corrected chi connectivity index (χ2v) is 7.43. The molecule has 1 amide bonds. The van der Waals surface area contributed by atoms with Crippen LogP contribution in [0.3, 0.4) is 0 Å². The van der Waals surface area contributed by atoms with Gasteiger partial charge in [0.05, 0.1) is 6.04 Å². The molecule has 1 aliphatic rings. The van der Waals surface area contributed by atoms with E-state index in [4.69, 9.17) is 4.74 Å². The fourth-order valence-corrected chi connectivity index (χ4v) is 3.55. The predicted molar refractivity (Wildman–Crippen MR) is 106 cm³/mol. The largest absolute Gasteiger partial charge is 0.481 e. The first-order valence-corrected chi connectivity index (χ1v) is 9.60. The molecule has 0 heterocycles. The third-order valence-corrected chi connectivity index (χ3v) is 5.42. The summed E-state index contributed by atoms with van der Waals surface area (Å²) in [6.07, 6.45) is 4.06. The Morgan fingerprint density at radius 3 is 2.58 bits per heavy atom. The molecule has 0 aliphatic heterocycles. The van der Waals surface area contributed by atoms with Gasteiger partial charge in [0.25, 0.3) is 5.91 Å². The van der Waals surface area contributed by atoms with Crippen molar-refractivity contribution >= 4 is 5.91 Å². The lowest BCUT2D eigenvalue weighted by Crippen LogP contribution is -2.38. The molecule has 0 aromatic heterocycles. The van der Waals surface area contributed by atoms with E-state index in [2.05, 4.69) is 43.4 Å². The van der Waals surface area contributed by atoms with Crippen molar-refractivity contribution in [3.63, 3.8) is 0 Å². The predicted octanol–water partition coefficient (Wildman–Crippen LogP) is 4.83. The summed E-state index contributed by atoms with van der Waals surface area (Å²) in [6, 6.07) is 12.5. The van der Waals surface area contributed by atoms with Crippen molar-refractivity contribution < 1.29 is 9.53 Å². The number of rotatable bonds is 5. The average Bonchev–Trinajstić information content (AvgIpc) is 2.64. The molecule has 0 spiro atoms. The summed E-state index contributed by atoms with van der Waals surface area (Å²) < 4.78 is 6.04. The van der Waals surface area contributed by atoms with Gasteiger partial charge in [-0.2, -0.15) is 0 Å². The van der Waals surface area contributed by atoms with Crippen molar-refractivity contribution in [1.82, 2.24) is 5.32 Å². The van der Waals surface area contributed by atoms with Crippen LogP contribution in [0.1, 0.15) is 60.5 Å². The normalized spacial score (nSPS) is 15.7. The maximum Gasteiger partial charge on any atom is 0.261 e. The van der Waals surface area contributed by atoms with Crippen molar-refractivity contribution in [2.75, 3.05) is 0 Å². The summed E-state index contributed by atoms with van der Waals surface area (Å²) in [5, 5.41) is 3.08. The molecule has 2 aromatic rings. The number of carbonyl (C=O) groups is 1. The highest BCUT2D eigenvalue weighted by molar-refractivity contribution is 5.81. The van der Waals surface area contributed by atoms with Gasteiger partial charge in [0, 0.05) is 0 Å². The van der Waals surface area contributed by atoms with Crippen LogP contribution in [0.15, 0.2) is 36.4 Å². The quantitative estimate of drug-likeness (QED) is 0.838. The standard InChI is InChI=1S/C23H29NO2/c1-15-12-13-20(14-16(15)2)17(3)24-23(25)18(4)26-22-11-7-9-19-8-5-6-10-21(19)22/h7,9,11-14,17-18H,5-6,8,10H2,1-4H3,(H,24,25)/t17-,18-/m1/s1. The molecule has 0 saturated heterocycles. The van der Waals surface area contributed by atoms with Crippen molar-refractivity contribution in [3.05, 3.63) is 64.2 Å². The molecule has 0 fully saturated rings. The molecule has 1 aliphatic carbocycles. The first-order chi connectivity index (χ1) is 12.5. The van der Waals surface area contributed by atoms with E-state index in [9.17, 15) is 4.79 Å². The first-order valence-electron chi connectivity index (χ1n) is 9.60.